The van der Waals surface area contributed by atoms with Gasteiger partial charge in [0.2, 0.25) is 10.0 Å². The molecular formula is C13H18F2N2O2S. The number of hydrogen-bond acceptors (Lipinski definition) is 3. The molecule has 1 atom stereocenters. The van der Waals surface area contributed by atoms with Gasteiger partial charge in [0.25, 0.3) is 0 Å². The highest BCUT2D eigenvalue weighted by atomic mass is 32.2. The van der Waals surface area contributed by atoms with Crippen molar-refractivity contribution in [1.29, 1.82) is 0 Å². The lowest BCUT2D eigenvalue weighted by atomic mass is 9.97. The number of piperidine rings is 1. The molecule has 0 radical (unpaired) electrons. The highest BCUT2D eigenvalue weighted by Gasteiger charge is 2.32. The van der Waals surface area contributed by atoms with Crippen LogP contribution in [-0.4, -0.2) is 25.8 Å². The summed E-state index contributed by atoms with van der Waals surface area (Å²) in [5.41, 5.74) is 4.98. The van der Waals surface area contributed by atoms with Crippen LogP contribution in [0.2, 0.25) is 0 Å². The van der Waals surface area contributed by atoms with Crippen LogP contribution in [0, 0.1) is 17.6 Å². The van der Waals surface area contributed by atoms with Gasteiger partial charge < -0.3 is 5.73 Å². The summed E-state index contributed by atoms with van der Waals surface area (Å²) in [6.07, 6.45) is 2.59. The van der Waals surface area contributed by atoms with E-state index in [1.54, 1.807) is 0 Å². The van der Waals surface area contributed by atoms with Crippen molar-refractivity contribution in [2.24, 2.45) is 5.92 Å². The molecule has 1 heterocycles. The number of anilines is 1. The van der Waals surface area contributed by atoms with Gasteiger partial charge in [-0.2, -0.15) is 4.31 Å². The molecule has 1 aromatic carbocycles. The van der Waals surface area contributed by atoms with Crippen LogP contribution in [-0.2, 0) is 10.0 Å². The maximum absolute atomic E-state index is 13.8. The van der Waals surface area contributed by atoms with E-state index in [4.69, 9.17) is 5.73 Å². The second kappa shape index (κ2) is 5.65. The fourth-order valence-corrected chi connectivity index (χ4v) is 4.10. The van der Waals surface area contributed by atoms with Gasteiger partial charge in [0, 0.05) is 19.2 Å². The van der Waals surface area contributed by atoms with Crippen LogP contribution in [0.5, 0.6) is 0 Å². The molecule has 1 fully saturated rings. The van der Waals surface area contributed by atoms with Crippen molar-refractivity contribution in [3.63, 3.8) is 0 Å². The molecule has 1 aromatic rings. The lowest BCUT2D eigenvalue weighted by Crippen LogP contribution is -2.40. The van der Waals surface area contributed by atoms with Crippen LogP contribution in [0.25, 0.3) is 0 Å². The van der Waals surface area contributed by atoms with E-state index in [1.165, 1.54) is 4.31 Å². The van der Waals surface area contributed by atoms with Gasteiger partial charge in [-0.1, -0.05) is 13.3 Å². The number of rotatable bonds is 3. The predicted molar refractivity (Wildman–Crippen MR) is 72.5 cm³/mol. The van der Waals surface area contributed by atoms with Crippen molar-refractivity contribution in [3.8, 4) is 0 Å². The van der Waals surface area contributed by atoms with Crippen LogP contribution >= 0.6 is 0 Å². The first-order chi connectivity index (χ1) is 9.36. The van der Waals surface area contributed by atoms with Crippen LogP contribution in [0.15, 0.2) is 17.0 Å². The van der Waals surface area contributed by atoms with E-state index in [0.717, 1.165) is 25.3 Å². The zero-order valence-electron chi connectivity index (χ0n) is 11.3. The minimum atomic E-state index is -3.96. The van der Waals surface area contributed by atoms with Crippen molar-refractivity contribution in [3.05, 3.63) is 23.8 Å². The quantitative estimate of drug-likeness (QED) is 0.872. The van der Waals surface area contributed by atoms with Gasteiger partial charge in [-0.25, -0.2) is 17.2 Å². The SMILES string of the molecule is CCC1CCCN(S(=O)(=O)c2cc(N)c(F)cc2F)C1. The number of sulfonamides is 1. The fourth-order valence-electron chi connectivity index (χ4n) is 2.46. The zero-order valence-corrected chi connectivity index (χ0v) is 12.1. The number of nitrogens with two attached hydrogens (primary N) is 1. The minimum Gasteiger partial charge on any atom is -0.396 e. The first-order valence-electron chi connectivity index (χ1n) is 6.61. The Bertz CT molecular complexity index is 605. The maximum Gasteiger partial charge on any atom is 0.246 e. The molecular weight excluding hydrogens is 286 g/mol. The van der Waals surface area contributed by atoms with Crippen molar-refractivity contribution >= 4 is 15.7 Å². The van der Waals surface area contributed by atoms with Crippen LogP contribution < -0.4 is 5.73 Å². The third-order valence-corrected chi connectivity index (χ3v) is 5.61. The molecule has 0 spiro atoms. The minimum absolute atomic E-state index is 0.277. The summed E-state index contributed by atoms with van der Waals surface area (Å²) in [5.74, 6) is -1.78. The van der Waals surface area contributed by atoms with Crippen LogP contribution in [0.1, 0.15) is 26.2 Å². The second-order valence-electron chi connectivity index (χ2n) is 5.08. The number of nitrogen functional groups attached to an aromatic ring is 1. The van der Waals surface area contributed by atoms with E-state index in [9.17, 15) is 17.2 Å². The standard InChI is InChI=1S/C13H18F2N2O2S/c1-2-9-4-3-5-17(8-9)20(18,19)13-7-12(16)10(14)6-11(13)15/h6-7,9H,2-5,8,16H2,1H3. The summed E-state index contributed by atoms with van der Waals surface area (Å²) in [5, 5.41) is 0. The Morgan fingerprint density at radius 1 is 1.35 bits per heavy atom. The van der Waals surface area contributed by atoms with Crippen LogP contribution in [0.4, 0.5) is 14.5 Å². The zero-order chi connectivity index (χ0) is 14.9. The fraction of sp³-hybridized carbons (Fsp3) is 0.538. The van der Waals surface area contributed by atoms with E-state index >= 15 is 0 Å². The molecule has 0 amide bonds. The summed E-state index contributed by atoms with van der Waals surface area (Å²) in [4.78, 5) is -0.548. The molecule has 2 N–H and O–H groups in total. The number of nitrogens with zero attached hydrogens (tertiary/aromatic N) is 1. The van der Waals surface area contributed by atoms with Gasteiger partial charge in [-0.05, 0) is 24.8 Å². The molecule has 0 bridgehead atoms. The molecule has 1 saturated heterocycles. The van der Waals surface area contributed by atoms with E-state index in [2.05, 4.69) is 0 Å². The first kappa shape index (κ1) is 15.2. The van der Waals surface area contributed by atoms with E-state index in [0.29, 0.717) is 19.2 Å². The Kier molecular flexibility index (Phi) is 4.29. The average Bonchev–Trinajstić information content (AvgIpc) is 2.42. The molecule has 7 heteroatoms. The maximum atomic E-state index is 13.8. The van der Waals surface area contributed by atoms with E-state index in [1.807, 2.05) is 6.92 Å². The summed E-state index contributed by atoms with van der Waals surface area (Å²) in [7, 11) is -3.96. The van der Waals surface area contributed by atoms with Gasteiger partial charge in [0.1, 0.15) is 16.5 Å². The third-order valence-electron chi connectivity index (χ3n) is 3.73. The number of benzene rings is 1. The number of halogens is 2. The lowest BCUT2D eigenvalue weighted by molar-refractivity contribution is 0.261. The molecule has 20 heavy (non-hydrogen) atoms. The Labute approximate surface area is 117 Å². The Morgan fingerprint density at radius 3 is 2.70 bits per heavy atom. The van der Waals surface area contributed by atoms with Crippen LogP contribution in [0.3, 0.4) is 0 Å². The molecule has 1 aliphatic heterocycles. The summed E-state index contributed by atoms with van der Waals surface area (Å²) < 4.78 is 53.0. The normalized spacial score (nSPS) is 21.1. The molecule has 1 aliphatic rings. The first-order valence-corrected chi connectivity index (χ1v) is 8.05. The van der Waals surface area contributed by atoms with Crippen molar-refractivity contribution in [2.75, 3.05) is 18.8 Å². The molecule has 0 aromatic heterocycles. The summed E-state index contributed by atoms with van der Waals surface area (Å²) in [6.45, 7) is 2.72. The van der Waals surface area contributed by atoms with Gasteiger partial charge in [0.05, 0.1) is 5.69 Å². The average molecular weight is 304 g/mol. The van der Waals surface area contributed by atoms with E-state index < -0.39 is 26.6 Å². The highest BCUT2D eigenvalue weighted by Crippen LogP contribution is 2.28. The highest BCUT2D eigenvalue weighted by molar-refractivity contribution is 7.89. The second-order valence-corrected chi connectivity index (χ2v) is 6.99. The van der Waals surface area contributed by atoms with Gasteiger partial charge in [-0.3, -0.25) is 0 Å². The molecule has 0 aliphatic carbocycles. The monoisotopic (exact) mass is 304 g/mol. The van der Waals surface area contributed by atoms with Crippen molar-refractivity contribution in [1.82, 2.24) is 4.31 Å². The Balaban J connectivity index is 2.37. The Hall–Kier alpha value is -1.21. The summed E-state index contributed by atoms with van der Waals surface area (Å²) in [6, 6.07) is 1.37. The predicted octanol–water partition coefficient (Wildman–Crippen LogP) is 2.36. The van der Waals surface area contributed by atoms with Crippen molar-refractivity contribution < 1.29 is 17.2 Å². The lowest BCUT2D eigenvalue weighted by Gasteiger charge is -2.31. The third kappa shape index (κ3) is 2.78. The molecule has 2 rings (SSSR count). The van der Waals surface area contributed by atoms with Crippen molar-refractivity contribution in [2.45, 2.75) is 31.1 Å². The van der Waals surface area contributed by atoms with Gasteiger partial charge in [0.15, 0.2) is 0 Å². The largest absolute Gasteiger partial charge is 0.396 e. The molecule has 1 unspecified atom stereocenters. The smallest absolute Gasteiger partial charge is 0.246 e. The molecule has 0 saturated carbocycles. The van der Waals surface area contributed by atoms with Gasteiger partial charge >= 0.3 is 0 Å². The Morgan fingerprint density at radius 2 is 2.05 bits per heavy atom. The topological polar surface area (TPSA) is 63.4 Å². The summed E-state index contributed by atoms with van der Waals surface area (Å²) >= 11 is 0. The molecule has 112 valence electrons. The van der Waals surface area contributed by atoms with Gasteiger partial charge in [-0.15, -0.1) is 0 Å². The molecule has 4 nitrogen and oxygen atoms in total. The number of hydrogen-bond donors (Lipinski definition) is 1. The van der Waals surface area contributed by atoms with E-state index in [-0.39, 0.29) is 11.6 Å².